The van der Waals surface area contributed by atoms with Gasteiger partial charge in [-0.15, -0.1) is 0 Å². The van der Waals surface area contributed by atoms with Crippen molar-refractivity contribution in [3.63, 3.8) is 0 Å². The number of hydrogen-bond donors (Lipinski definition) is 3. The number of ether oxygens (including phenoxy) is 2. The average Bonchev–Trinajstić information content (AvgIpc) is 2.63. The van der Waals surface area contributed by atoms with Crippen LogP contribution in [0.3, 0.4) is 0 Å². The van der Waals surface area contributed by atoms with Crippen LogP contribution in [-0.2, 0) is 0 Å². The Hall–Kier alpha value is -1.24. The van der Waals surface area contributed by atoms with Crippen LogP contribution in [0.5, 0.6) is 11.5 Å². The zero-order chi connectivity index (χ0) is 18.1. The van der Waals surface area contributed by atoms with Gasteiger partial charge in [0.25, 0.3) is 0 Å². The largest absolute Gasteiger partial charge is 0.495 e. The highest BCUT2D eigenvalue weighted by Crippen LogP contribution is 2.35. The summed E-state index contributed by atoms with van der Waals surface area (Å²) in [6, 6.07) is 4.18. The van der Waals surface area contributed by atoms with Crippen LogP contribution in [0.1, 0.15) is 38.5 Å². The van der Waals surface area contributed by atoms with E-state index in [0.717, 1.165) is 25.2 Å². The fraction of sp³-hybridized carbons (Fsp3) is 0.611. The maximum atomic E-state index is 6.11. The molecule has 0 unspecified atom stereocenters. The zero-order valence-corrected chi connectivity index (χ0v) is 16.6. The fourth-order valence-corrected chi connectivity index (χ4v) is 3.47. The second-order valence-electron chi connectivity index (χ2n) is 6.21. The minimum Gasteiger partial charge on any atom is -0.495 e. The number of nitrogens with one attached hydrogen (secondary N) is 3. The van der Waals surface area contributed by atoms with Crippen LogP contribution in [0.4, 0.5) is 5.69 Å². The third kappa shape index (κ3) is 6.53. The summed E-state index contributed by atoms with van der Waals surface area (Å²) in [5, 5.41) is 11.0. The molecule has 0 atom stereocenters. The Morgan fingerprint density at radius 3 is 2.52 bits per heavy atom. The van der Waals surface area contributed by atoms with Gasteiger partial charge < -0.3 is 25.4 Å². The molecule has 1 aromatic carbocycles. The Morgan fingerprint density at radius 1 is 1.12 bits per heavy atom. The van der Waals surface area contributed by atoms with Gasteiger partial charge in [0.15, 0.2) is 5.11 Å². The van der Waals surface area contributed by atoms with E-state index in [1.165, 1.54) is 32.1 Å². The van der Waals surface area contributed by atoms with Crippen LogP contribution >= 0.6 is 23.8 Å². The van der Waals surface area contributed by atoms with E-state index in [0.29, 0.717) is 27.7 Å². The topological polar surface area (TPSA) is 54.5 Å². The highest BCUT2D eigenvalue weighted by molar-refractivity contribution is 7.80. The van der Waals surface area contributed by atoms with Crippen molar-refractivity contribution in [3.05, 3.63) is 17.2 Å². The Labute approximate surface area is 160 Å². The molecule has 1 fully saturated rings. The first-order valence-electron chi connectivity index (χ1n) is 8.83. The third-order valence-corrected chi connectivity index (χ3v) is 4.94. The third-order valence-electron chi connectivity index (χ3n) is 4.40. The van der Waals surface area contributed by atoms with Gasteiger partial charge in [0.1, 0.15) is 11.5 Å². The number of benzene rings is 1. The van der Waals surface area contributed by atoms with Crippen molar-refractivity contribution in [3.8, 4) is 11.5 Å². The van der Waals surface area contributed by atoms with Crippen molar-refractivity contribution in [1.29, 1.82) is 0 Å². The maximum Gasteiger partial charge on any atom is 0.170 e. The summed E-state index contributed by atoms with van der Waals surface area (Å²) in [5.41, 5.74) is 0.724. The van der Waals surface area contributed by atoms with Crippen LogP contribution in [0.15, 0.2) is 12.1 Å². The number of hydrogen-bond acceptors (Lipinski definition) is 4. The quantitative estimate of drug-likeness (QED) is 0.465. The molecule has 2 rings (SSSR count). The van der Waals surface area contributed by atoms with E-state index < -0.39 is 0 Å². The molecule has 3 N–H and O–H groups in total. The molecule has 0 aromatic heterocycles. The highest BCUT2D eigenvalue weighted by atomic mass is 35.5. The van der Waals surface area contributed by atoms with E-state index in [4.69, 9.17) is 33.3 Å². The Kier molecular flexibility index (Phi) is 8.58. The number of halogens is 1. The molecular weight excluding hydrogens is 358 g/mol. The van der Waals surface area contributed by atoms with Gasteiger partial charge in [-0.3, -0.25) is 0 Å². The Morgan fingerprint density at radius 2 is 1.84 bits per heavy atom. The minimum atomic E-state index is 0.498. The number of methoxy groups -OCH3 is 2. The molecule has 0 radical (unpaired) electrons. The van der Waals surface area contributed by atoms with E-state index in [1.54, 1.807) is 26.4 Å². The average molecular weight is 386 g/mol. The van der Waals surface area contributed by atoms with E-state index in [1.807, 2.05) is 0 Å². The monoisotopic (exact) mass is 385 g/mol. The van der Waals surface area contributed by atoms with Gasteiger partial charge in [0.05, 0.1) is 24.9 Å². The summed E-state index contributed by atoms with van der Waals surface area (Å²) in [6.07, 6.45) is 7.75. The summed E-state index contributed by atoms with van der Waals surface area (Å²) < 4.78 is 10.6. The molecule has 0 saturated heterocycles. The minimum absolute atomic E-state index is 0.498. The van der Waals surface area contributed by atoms with Gasteiger partial charge in [-0.1, -0.05) is 30.9 Å². The van der Waals surface area contributed by atoms with Gasteiger partial charge in [0.2, 0.25) is 0 Å². The van der Waals surface area contributed by atoms with E-state index in [-0.39, 0.29) is 0 Å². The van der Waals surface area contributed by atoms with Crippen molar-refractivity contribution >= 4 is 34.6 Å². The number of anilines is 1. The summed E-state index contributed by atoms with van der Waals surface area (Å²) >= 11 is 11.5. The van der Waals surface area contributed by atoms with Gasteiger partial charge in [-0.05, 0) is 38.0 Å². The van der Waals surface area contributed by atoms with Crippen LogP contribution in [0.25, 0.3) is 0 Å². The zero-order valence-electron chi connectivity index (χ0n) is 15.0. The maximum absolute atomic E-state index is 6.11. The van der Waals surface area contributed by atoms with Gasteiger partial charge in [-0.2, -0.15) is 0 Å². The lowest BCUT2D eigenvalue weighted by Gasteiger charge is -2.22. The lowest BCUT2D eigenvalue weighted by atomic mass is 9.95. The molecule has 1 saturated carbocycles. The van der Waals surface area contributed by atoms with Crippen molar-refractivity contribution in [2.45, 2.75) is 44.6 Å². The van der Waals surface area contributed by atoms with E-state index in [2.05, 4.69) is 16.0 Å². The molecule has 5 nitrogen and oxygen atoms in total. The predicted octanol–water partition coefficient (Wildman–Crippen LogP) is 3.96. The number of rotatable bonds is 8. The van der Waals surface area contributed by atoms with Crippen molar-refractivity contribution in [1.82, 2.24) is 10.6 Å². The molecule has 7 heteroatoms. The molecule has 1 aliphatic carbocycles. The highest BCUT2D eigenvalue weighted by Gasteiger charge is 2.12. The molecule has 25 heavy (non-hydrogen) atoms. The van der Waals surface area contributed by atoms with E-state index in [9.17, 15) is 0 Å². The molecule has 1 aromatic rings. The first-order chi connectivity index (χ1) is 12.1. The fourth-order valence-electron chi connectivity index (χ4n) is 3.03. The van der Waals surface area contributed by atoms with Crippen LogP contribution < -0.4 is 25.4 Å². The first-order valence-corrected chi connectivity index (χ1v) is 9.62. The van der Waals surface area contributed by atoms with Crippen molar-refractivity contribution < 1.29 is 9.47 Å². The lowest BCUT2D eigenvalue weighted by Crippen LogP contribution is -2.35. The van der Waals surface area contributed by atoms with Gasteiger partial charge in [0, 0.05) is 24.7 Å². The second kappa shape index (κ2) is 10.7. The smallest absolute Gasteiger partial charge is 0.170 e. The molecule has 0 spiro atoms. The van der Waals surface area contributed by atoms with Crippen LogP contribution in [0.2, 0.25) is 5.02 Å². The normalized spacial score (nSPS) is 14.8. The summed E-state index contributed by atoms with van der Waals surface area (Å²) in [6.45, 7) is 1.83. The summed E-state index contributed by atoms with van der Waals surface area (Å²) in [4.78, 5) is 0. The molecule has 0 bridgehead atoms. The van der Waals surface area contributed by atoms with Crippen LogP contribution in [-0.4, -0.2) is 38.5 Å². The van der Waals surface area contributed by atoms with E-state index >= 15 is 0 Å². The molecule has 0 aliphatic heterocycles. The predicted molar refractivity (Wildman–Crippen MR) is 108 cm³/mol. The Balaban J connectivity index is 1.72. The standard InChI is InChI=1S/C18H28ClN3O2S/c1-23-16-12-15(17(24-2)11-14(16)19)22-18(25)21-10-6-9-20-13-7-4-3-5-8-13/h11-13,20H,3-10H2,1-2H3,(H2,21,22,25). The van der Waals surface area contributed by atoms with Crippen molar-refractivity contribution in [2.75, 3.05) is 32.6 Å². The molecular formula is C18H28ClN3O2S. The lowest BCUT2D eigenvalue weighted by molar-refractivity contribution is 0.372. The van der Waals surface area contributed by atoms with Gasteiger partial charge in [-0.25, -0.2) is 0 Å². The molecule has 140 valence electrons. The van der Waals surface area contributed by atoms with Crippen LogP contribution in [0, 0.1) is 0 Å². The summed E-state index contributed by atoms with van der Waals surface area (Å²) in [5.74, 6) is 1.19. The number of thiocarbonyl (C=S) groups is 1. The van der Waals surface area contributed by atoms with Gasteiger partial charge >= 0.3 is 0 Å². The first kappa shape index (κ1) is 20.1. The molecule has 0 heterocycles. The second-order valence-corrected chi connectivity index (χ2v) is 7.03. The Bertz CT molecular complexity index is 565. The van der Waals surface area contributed by atoms with Crippen molar-refractivity contribution in [2.24, 2.45) is 0 Å². The SMILES string of the molecule is COc1cc(NC(=S)NCCCNC2CCCCC2)c(OC)cc1Cl. The molecule has 0 amide bonds. The summed E-state index contributed by atoms with van der Waals surface area (Å²) in [7, 11) is 3.17. The molecule has 1 aliphatic rings.